The standard InChI is InChI=1S/C15H18N4O2/c1-2-13-16-14(18-8-10-21-11-9-18)17-15(20)19(13)12-6-4-3-5-7-12/h3-7H,2,8-11H2,1H3. The summed E-state index contributed by atoms with van der Waals surface area (Å²) in [6.07, 6.45) is 0.671. The average Bonchev–Trinajstić information content (AvgIpc) is 2.55. The number of ether oxygens (including phenoxy) is 1. The first-order valence-electron chi connectivity index (χ1n) is 7.17. The summed E-state index contributed by atoms with van der Waals surface area (Å²) in [5.41, 5.74) is 0.516. The smallest absolute Gasteiger partial charge is 0.356 e. The number of para-hydroxylation sites is 1. The van der Waals surface area contributed by atoms with Gasteiger partial charge in [0.25, 0.3) is 0 Å². The summed E-state index contributed by atoms with van der Waals surface area (Å²) in [5.74, 6) is 1.23. The summed E-state index contributed by atoms with van der Waals surface area (Å²) in [6, 6.07) is 9.49. The molecule has 0 spiro atoms. The van der Waals surface area contributed by atoms with E-state index in [2.05, 4.69) is 9.97 Å². The molecule has 0 atom stereocenters. The van der Waals surface area contributed by atoms with Crippen LogP contribution in [0.3, 0.4) is 0 Å². The van der Waals surface area contributed by atoms with Gasteiger partial charge >= 0.3 is 5.69 Å². The van der Waals surface area contributed by atoms with Crippen LogP contribution in [-0.4, -0.2) is 40.8 Å². The van der Waals surface area contributed by atoms with Gasteiger partial charge in [0.15, 0.2) is 0 Å². The minimum Gasteiger partial charge on any atom is -0.378 e. The van der Waals surface area contributed by atoms with Crippen LogP contribution < -0.4 is 10.6 Å². The fourth-order valence-corrected chi connectivity index (χ4v) is 2.41. The third kappa shape index (κ3) is 2.80. The van der Waals surface area contributed by atoms with Gasteiger partial charge in [-0.05, 0) is 12.1 Å². The third-order valence-electron chi connectivity index (χ3n) is 3.50. The highest BCUT2D eigenvalue weighted by Gasteiger charge is 2.17. The normalized spacial score (nSPS) is 15.2. The number of benzene rings is 1. The minimum absolute atomic E-state index is 0.283. The second-order valence-electron chi connectivity index (χ2n) is 4.85. The summed E-state index contributed by atoms with van der Waals surface area (Å²) < 4.78 is 6.89. The van der Waals surface area contributed by atoms with Gasteiger partial charge < -0.3 is 9.64 Å². The predicted molar refractivity (Wildman–Crippen MR) is 80.0 cm³/mol. The predicted octanol–water partition coefficient (Wildman–Crippen LogP) is 1.03. The third-order valence-corrected chi connectivity index (χ3v) is 3.50. The SMILES string of the molecule is CCc1nc(N2CCOCC2)nc(=O)n1-c1ccccc1. The summed E-state index contributed by atoms with van der Waals surface area (Å²) in [6.45, 7) is 4.72. The van der Waals surface area contributed by atoms with E-state index < -0.39 is 0 Å². The summed E-state index contributed by atoms with van der Waals surface area (Å²) in [7, 11) is 0. The van der Waals surface area contributed by atoms with E-state index in [0.29, 0.717) is 25.6 Å². The molecule has 2 heterocycles. The van der Waals surface area contributed by atoms with Crippen LogP contribution in [-0.2, 0) is 11.2 Å². The molecule has 1 aliphatic heterocycles. The van der Waals surface area contributed by atoms with E-state index in [1.54, 1.807) is 4.57 Å². The van der Waals surface area contributed by atoms with Gasteiger partial charge in [-0.2, -0.15) is 9.97 Å². The van der Waals surface area contributed by atoms with Crippen LogP contribution in [0.25, 0.3) is 5.69 Å². The quantitative estimate of drug-likeness (QED) is 0.843. The van der Waals surface area contributed by atoms with Crippen molar-refractivity contribution >= 4 is 5.95 Å². The lowest BCUT2D eigenvalue weighted by Gasteiger charge is -2.27. The molecule has 0 bridgehead atoms. The van der Waals surface area contributed by atoms with Crippen molar-refractivity contribution < 1.29 is 4.74 Å². The van der Waals surface area contributed by atoms with Gasteiger partial charge in [-0.1, -0.05) is 25.1 Å². The molecular formula is C15H18N4O2. The van der Waals surface area contributed by atoms with Crippen molar-refractivity contribution in [3.05, 3.63) is 46.6 Å². The number of aryl methyl sites for hydroxylation is 1. The number of hydrogen-bond donors (Lipinski definition) is 0. The Kier molecular flexibility index (Phi) is 3.96. The topological polar surface area (TPSA) is 60.2 Å². The Bertz CT molecular complexity index is 663. The monoisotopic (exact) mass is 286 g/mol. The lowest BCUT2D eigenvalue weighted by molar-refractivity contribution is 0.122. The van der Waals surface area contributed by atoms with E-state index in [9.17, 15) is 4.79 Å². The lowest BCUT2D eigenvalue weighted by Crippen LogP contribution is -2.39. The molecule has 2 aromatic rings. The molecule has 0 N–H and O–H groups in total. The summed E-state index contributed by atoms with van der Waals surface area (Å²) in [5, 5.41) is 0. The highest BCUT2D eigenvalue weighted by molar-refractivity contribution is 5.35. The maximum atomic E-state index is 12.4. The molecule has 0 unspecified atom stereocenters. The fraction of sp³-hybridized carbons (Fsp3) is 0.400. The molecule has 6 heteroatoms. The van der Waals surface area contributed by atoms with Crippen molar-refractivity contribution in [1.29, 1.82) is 0 Å². The number of nitrogens with zero attached hydrogens (tertiary/aromatic N) is 4. The zero-order chi connectivity index (χ0) is 14.7. The molecule has 0 saturated carbocycles. The van der Waals surface area contributed by atoms with Crippen molar-refractivity contribution in [1.82, 2.24) is 14.5 Å². The van der Waals surface area contributed by atoms with Gasteiger partial charge in [0, 0.05) is 19.5 Å². The first-order valence-corrected chi connectivity index (χ1v) is 7.17. The van der Waals surface area contributed by atoms with Crippen molar-refractivity contribution in [2.75, 3.05) is 31.2 Å². The molecule has 6 nitrogen and oxygen atoms in total. The van der Waals surface area contributed by atoms with Crippen LogP contribution in [0.2, 0.25) is 0 Å². The number of anilines is 1. The first-order chi connectivity index (χ1) is 10.3. The molecule has 1 fully saturated rings. The zero-order valence-corrected chi connectivity index (χ0v) is 12.0. The number of aromatic nitrogens is 3. The van der Waals surface area contributed by atoms with E-state index in [1.165, 1.54) is 0 Å². The maximum Gasteiger partial charge on any atom is 0.356 e. The van der Waals surface area contributed by atoms with Crippen LogP contribution in [0, 0.1) is 0 Å². The first kappa shape index (κ1) is 13.8. The molecule has 0 amide bonds. The summed E-state index contributed by atoms with van der Waals surface area (Å²) in [4.78, 5) is 23.1. The lowest BCUT2D eigenvalue weighted by atomic mass is 10.3. The largest absolute Gasteiger partial charge is 0.378 e. The van der Waals surface area contributed by atoms with Gasteiger partial charge in [0.2, 0.25) is 5.95 Å². The molecule has 21 heavy (non-hydrogen) atoms. The van der Waals surface area contributed by atoms with Gasteiger partial charge in [0.05, 0.1) is 18.9 Å². The van der Waals surface area contributed by atoms with Gasteiger partial charge in [-0.3, -0.25) is 0 Å². The van der Waals surface area contributed by atoms with Crippen molar-refractivity contribution in [3.63, 3.8) is 0 Å². The highest BCUT2D eigenvalue weighted by Crippen LogP contribution is 2.12. The average molecular weight is 286 g/mol. The van der Waals surface area contributed by atoms with Crippen LogP contribution >= 0.6 is 0 Å². The Labute approximate surface area is 123 Å². The van der Waals surface area contributed by atoms with Crippen LogP contribution in [0.1, 0.15) is 12.7 Å². The molecule has 0 radical (unpaired) electrons. The van der Waals surface area contributed by atoms with Crippen molar-refractivity contribution in [2.24, 2.45) is 0 Å². The van der Waals surface area contributed by atoms with Gasteiger partial charge in [-0.15, -0.1) is 0 Å². The van der Waals surface area contributed by atoms with Crippen LogP contribution in [0.4, 0.5) is 5.95 Å². The Hall–Kier alpha value is -2.21. The molecule has 1 aliphatic rings. The number of hydrogen-bond acceptors (Lipinski definition) is 5. The highest BCUT2D eigenvalue weighted by atomic mass is 16.5. The molecule has 3 rings (SSSR count). The summed E-state index contributed by atoms with van der Waals surface area (Å²) >= 11 is 0. The molecule has 1 aromatic carbocycles. The van der Waals surface area contributed by atoms with Gasteiger partial charge in [0.1, 0.15) is 5.82 Å². The van der Waals surface area contributed by atoms with E-state index in [4.69, 9.17) is 4.74 Å². The second kappa shape index (κ2) is 6.05. The van der Waals surface area contributed by atoms with E-state index in [-0.39, 0.29) is 5.69 Å². The number of morpholine rings is 1. The van der Waals surface area contributed by atoms with Crippen molar-refractivity contribution in [2.45, 2.75) is 13.3 Å². The second-order valence-corrected chi connectivity index (χ2v) is 4.85. The van der Waals surface area contributed by atoms with Gasteiger partial charge in [-0.25, -0.2) is 9.36 Å². The Morgan fingerprint density at radius 1 is 1.14 bits per heavy atom. The van der Waals surface area contributed by atoms with Crippen LogP contribution in [0.15, 0.2) is 35.1 Å². The Morgan fingerprint density at radius 3 is 2.52 bits per heavy atom. The molecule has 0 aliphatic carbocycles. The van der Waals surface area contributed by atoms with E-state index in [0.717, 1.165) is 24.6 Å². The Morgan fingerprint density at radius 2 is 1.86 bits per heavy atom. The molecule has 110 valence electrons. The molecule has 1 saturated heterocycles. The Balaban J connectivity index is 2.05. The molecular weight excluding hydrogens is 268 g/mol. The number of rotatable bonds is 3. The van der Waals surface area contributed by atoms with Crippen LogP contribution in [0.5, 0.6) is 0 Å². The molecule has 1 aromatic heterocycles. The fourth-order valence-electron chi connectivity index (χ4n) is 2.41. The van der Waals surface area contributed by atoms with Crippen molar-refractivity contribution in [3.8, 4) is 5.69 Å². The maximum absolute atomic E-state index is 12.4. The van der Waals surface area contributed by atoms with E-state index in [1.807, 2.05) is 42.2 Å². The van der Waals surface area contributed by atoms with E-state index >= 15 is 0 Å². The minimum atomic E-state index is -0.283. The zero-order valence-electron chi connectivity index (χ0n) is 12.0.